The van der Waals surface area contributed by atoms with E-state index in [1.165, 1.54) is 18.4 Å². The summed E-state index contributed by atoms with van der Waals surface area (Å²) in [5.74, 6) is 1.61. The largest absolute Gasteiger partial charge is 0.497 e. The topological polar surface area (TPSA) is 84.1 Å². The lowest BCUT2D eigenvalue weighted by molar-refractivity contribution is 0.415. The zero-order valence-corrected chi connectivity index (χ0v) is 22.4. The van der Waals surface area contributed by atoms with Crippen molar-refractivity contribution >= 4 is 21.4 Å². The minimum absolute atomic E-state index is 0.308. The van der Waals surface area contributed by atoms with Gasteiger partial charge in [-0.3, -0.25) is 0 Å². The van der Waals surface area contributed by atoms with Gasteiger partial charge in [-0.05, 0) is 79.1 Å². The van der Waals surface area contributed by atoms with Crippen molar-refractivity contribution in [2.24, 2.45) is 0 Å². The van der Waals surface area contributed by atoms with Gasteiger partial charge in [-0.1, -0.05) is 38.0 Å². The SMILES string of the molecule is CCCCCc1ccc(S(=O)(=O)NCCCc2[nH]c(-c3cccs3)nc2-c2ccc(OC)cc2)cc1. The molecule has 0 bridgehead atoms. The molecule has 2 aromatic heterocycles. The highest BCUT2D eigenvalue weighted by molar-refractivity contribution is 7.89. The number of nitrogens with zero attached hydrogens (tertiary/aromatic N) is 1. The molecule has 0 saturated carbocycles. The van der Waals surface area contributed by atoms with Gasteiger partial charge in [0.15, 0.2) is 0 Å². The number of benzene rings is 2. The van der Waals surface area contributed by atoms with Crippen LogP contribution in [0.1, 0.15) is 43.9 Å². The Kier molecular flexibility index (Phi) is 8.96. The number of rotatable bonds is 13. The second kappa shape index (κ2) is 12.3. The number of aromatic nitrogens is 2. The summed E-state index contributed by atoms with van der Waals surface area (Å²) in [6.45, 7) is 2.52. The third-order valence-corrected chi connectivity index (χ3v) is 8.45. The summed E-state index contributed by atoms with van der Waals surface area (Å²) >= 11 is 1.63. The molecule has 36 heavy (non-hydrogen) atoms. The first-order chi connectivity index (χ1) is 17.5. The average molecular weight is 524 g/mol. The second-order valence-electron chi connectivity index (χ2n) is 8.72. The lowest BCUT2D eigenvalue weighted by atomic mass is 10.1. The number of H-pyrrole nitrogens is 1. The molecule has 2 heterocycles. The van der Waals surface area contributed by atoms with Crippen LogP contribution in [0.2, 0.25) is 0 Å². The number of thiophene rings is 1. The zero-order valence-electron chi connectivity index (χ0n) is 20.8. The normalized spacial score (nSPS) is 11.6. The van der Waals surface area contributed by atoms with Gasteiger partial charge in [-0.2, -0.15) is 0 Å². The van der Waals surface area contributed by atoms with Gasteiger partial charge in [0.25, 0.3) is 0 Å². The number of hydrogen-bond donors (Lipinski definition) is 2. The van der Waals surface area contributed by atoms with Gasteiger partial charge in [0.1, 0.15) is 11.6 Å². The van der Waals surface area contributed by atoms with Gasteiger partial charge in [0.2, 0.25) is 10.0 Å². The van der Waals surface area contributed by atoms with Crippen molar-refractivity contribution in [1.29, 1.82) is 0 Å². The first kappa shape index (κ1) is 26.1. The van der Waals surface area contributed by atoms with E-state index < -0.39 is 10.0 Å². The number of hydrogen-bond acceptors (Lipinski definition) is 5. The summed E-state index contributed by atoms with van der Waals surface area (Å²) in [4.78, 5) is 9.69. The van der Waals surface area contributed by atoms with Gasteiger partial charge in [0, 0.05) is 17.8 Å². The Bertz CT molecular complexity index is 1330. The first-order valence-electron chi connectivity index (χ1n) is 12.4. The van der Waals surface area contributed by atoms with E-state index in [4.69, 9.17) is 9.72 Å². The number of methoxy groups -OCH3 is 1. The van der Waals surface area contributed by atoms with Crippen LogP contribution in [-0.4, -0.2) is 32.0 Å². The number of imidazole rings is 1. The monoisotopic (exact) mass is 523 g/mol. The van der Waals surface area contributed by atoms with E-state index in [0.29, 0.717) is 24.3 Å². The highest BCUT2D eigenvalue weighted by atomic mass is 32.2. The van der Waals surface area contributed by atoms with Crippen molar-refractivity contribution in [3.63, 3.8) is 0 Å². The highest BCUT2D eigenvalue weighted by Crippen LogP contribution is 2.30. The van der Waals surface area contributed by atoms with Crippen LogP contribution in [0.4, 0.5) is 0 Å². The van der Waals surface area contributed by atoms with Crippen LogP contribution in [0, 0.1) is 0 Å². The van der Waals surface area contributed by atoms with Crippen LogP contribution >= 0.6 is 11.3 Å². The molecule has 0 unspecified atom stereocenters. The van der Waals surface area contributed by atoms with Gasteiger partial charge < -0.3 is 9.72 Å². The van der Waals surface area contributed by atoms with Gasteiger partial charge in [0.05, 0.1) is 22.6 Å². The van der Waals surface area contributed by atoms with E-state index >= 15 is 0 Å². The molecule has 6 nitrogen and oxygen atoms in total. The van der Waals surface area contributed by atoms with Gasteiger partial charge in [-0.15, -0.1) is 11.3 Å². The van der Waals surface area contributed by atoms with Crippen molar-refractivity contribution in [1.82, 2.24) is 14.7 Å². The number of sulfonamides is 1. The standard InChI is InChI=1S/C28H33N3O3S2/c1-3-4-5-8-21-11-17-24(18-12-21)36(32,33)29-19-6-9-25-27(22-13-15-23(34-2)16-14-22)31-28(30-25)26-10-7-20-35-26/h7,10-18,20,29H,3-6,8-9,19H2,1-2H3,(H,30,31). The van der Waals surface area contributed by atoms with E-state index in [1.807, 2.05) is 53.9 Å². The molecule has 8 heteroatoms. The molecule has 0 amide bonds. The smallest absolute Gasteiger partial charge is 0.240 e. The number of ether oxygens (including phenoxy) is 1. The number of nitrogens with one attached hydrogen (secondary N) is 2. The van der Waals surface area contributed by atoms with Crippen LogP contribution in [0.3, 0.4) is 0 Å². The summed E-state index contributed by atoms with van der Waals surface area (Å²) in [5.41, 5.74) is 4.03. The molecule has 0 aliphatic carbocycles. The molecule has 2 N–H and O–H groups in total. The van der Waals surface area contributed by atoms with E-state index in [1.54, 1.807) is 30.6 Å². The average Bonchev–Trinajstić information content (AvgIpc) is 3.58. The molecule has 0 aliphatic heterocycles. The van der Waals surface area contributed by atoms with Gasteiger partial charge in [-0.25, -0.2) is 18.1 Å². The van der Waals surface area contributed by atoms with Crippen LogP contribution < -0.4 is 9.46 Å². The molecule has 2 aromatic carbocycles. The molecular formula is C28H33N3O3S2. The Morgan fingerprint density at radius 1 is 0.972 bits per heavy atom. The van der Waals surface area contributed by atoms with Crippen LogP contribution in [-0.2, 0) is 22.9 Å². The summed E-state index contributed by atoms with van der Waals surface area (Å²) in [6, 6.07) is 19.1. The van der Waals surface area contributed by atoms with E-state index in [9.17, 15) is 8.42 Å². The molecule has 190 valence electrons. The quantitative estimate of drug-likeness (QED) is 0.197. The van der Waals surface area contributed by atoms with E-state index in [2.05, 4.69) is 16.6 Å². The fraction of sp³-hybridized carbons (Fsp3) is 0.321. The Balaban J connectivity index is 1.40. The lowest BCUT2D eigenvalue weighted by Crippen LogP contribution is -2.25. The highest BCUT2D eigenvalue weighted by Gasteiger charge is 2.16. The molecule has 0 spiro atoms. The van der Waals surface area contributed by atoms with Gasteiger partial charge >= 0.3 is 0 Å². The van der Waals surface area contributed by atoms with Crippen molar-refractivity contribution < 1.29 is 13.2 Å². The molecule has 0 radical (unpaired) electrons. The maximum atomic E-state index is 12.8. The van der Waals surface area contributed by atoms with Crippen molar-refractivity contribution in [2.45, 2.75) is 50.3 Å². The van der Waals surface area contributed by atoms with Crippen LogP contribution in [0.25, 0.3) is 22.0 Å². The molecule has 0 saturated heterocycles. The number of aryl methyl sites for hydroxylation is 2. The Morgan fingerprint density at radius 2 is 1.75 bits per heavy atom. The van der Waals surface area contributed by atoms with Crippen LogP contribution in [0.15, 0.2) is 70.9 Å². The molecular weight excluding hydrogens is 490 g/mol. The Labute approximate surface area is 217 Å². The number of aromatic amines is 1. The van der Waals surface area contributed by atoms with Crippen LogP contribution in [0.5, 0.6) is 5.75 Å². The van der Waals surface area contributed by atoms with E-state index in [0.717, 1.165) is 46.2 Å². The fourth-order valence-electron chi connectivity index (χ4n) is 4.08. The molecule has 0 atom stereocenters. The lowest BCUT2D eigenvalue weighted by Gasteiger charge is -2.08. The summed E-state index contributed by atoms with van der Waals surface area (Å²) in [5, 5.41) is 2.02. The minimum Gasteiger partial charge on any atom is -0.497 e. The zero-order chi connectivity index (χ0) is 25.4. The predicted molar refractivity (Wildman–Crippen MR) is 147 cm³/mol. The summed E-state index contributed by atoms with van der Waals surface area (Å²) in [6.07, 6.45) is 5.78. The number of unbranched alkanes of at least 4 members (excludes halogenated alkanes) is 2. The second-order valence-corrected chi connectivity index (χ2v) is 11.4. The summed E-state index contributed by atoms with van der Waals surface area (Å²) in [7, 11) is -1.90. The van der Waals surface area contributed by atoms with Crippen molar-refractivity contribution in [2.75, 3.05) is 13.7 Å². The van der Waals surface area contributed by atoms with Crippen molar-refractivity contribution in [3.05, 3.63) is 77.3 Å². The Hall–Kier alpha value is -2.94. The predicted octanol–water partition coefficient (Wildman–Crippen LogP) is 6.46. The molecule has 4 rings (SSSR count). The summed E-state index contributed by atoms with van der Waals surface area (Å²) < 4.78 is 33.6. The Morgan fingerprint density at radius 3 is 2.42 bits per heavy atom. The minimum atomic E-state index is -3.54. The van der Waals surface area contributed by atoms with E-state index in [-0.39, 0.29) is 0 Å². The molecule has 4 aromatic rings. The van der Waals surface area contributed by atoms with Crippen molar-refractivity contribution in [3.8, 4) is 27.7 Å². The fourth-order valence-corrected chi connectivity index (χ4v) is 5.82. The molecule has 0 fully saturated rings. The maximum absolute atomic E-state index is 12.8. The maximum Gasteiger partial charge on any atom is 0.240 e. The third kappa shape index (κ3) is 6.63. The first-order valence-corrected chi connectivity index (χ1v) is 14.7. The molecule has 0 aliphatic rings. The third-order valence-electron chi connectivity index (χ3n) is 6.10.